The Kier molecular flexibility index (Phi) is 6.47. The van der Waals surface area contributed by atoms with Gasteiger partial charge in [-0.2, -0.15) is 10.2 Å². The first-order valence-electron chi connectivity index (χ1n) is 8.73. The van der Waals surface area contributed by atoms with Gasteiger partial charge in [-0.3, -0.25) is 14.6 Å². The van der Waals surface area contributed by atoms with E-state index in [1.54, 1.807) is 36.4 Å². The molecule has 3 rings (SSSR count). The predicted octanol–water partition coefficient (Wildman–Crippen LogP) is 2.02. The van der Waals surface area contributed by atoms with Crippen LogP contribution in [0.25, 0.3) is 0 Å². The van der Waals surface area contributed by atoms with Crippen LogP contribution < -0.4 is 10.9 Å². The number of hydrazone groups is 2. The number of carbonyl (C=O) groups is 2. The molecule has 0 bridgehead atoms. The second-order valence-corrected chi connectivity index (χ2v) is 5.95. The molecule has 0 radical (unpaired) electrons. The fourth-order valence-corrected chi connectivity index (χ4v) is 2.30. The number of phenolic OH excluding ortho intramolecular Hbond substituents is 2. The highest BCUT2D eigenvalue weighted by molar-refractivity contribution is 5.97. The maximum atomic E-state index is 12.1. The summed E-state index contributed by atoms with van der Waals surface area (Å²) in [6, 6.07) is 15.9. The molecule has 0 saturated heterocycles. The fraction of sp³-hybridized carbons (Fsp3) is 0. The number of rotatable bonds is 6. The van der Waals surface area contributed by atoms with E-state index in [1.165, 1.54) is 42.9 Å². The number of hydrogen-bond acceptors (Lipinski definition) is 7. The zero-order chi connectivity index (χ0) is 21.3. The smallest absolute Gasteiger partial charge is 0.289 e. The van der Waals surface area contributed by atoms with E-state index in [0.717, 1.165) is 0 Å². The highest BCUT2D eigenvalue weighted by atomic mass is 16.3. The predicted molar refractivity (Wildman–Crippen MR) is 111 cm³/mol. The topological polar surface area (TPSA) is 136 Å². The van der Waals surface area contributed by atoms with Crippen molar-refractivity contribution >= 4 is 24.2 Å². The molecule has 2 aromatic carbocycles. The van der Waals surface area contributed by atoms with Crippen LogP contribution in [0.15, 0.2) is 77.1 Å². The van der Waals surface area contributed by atoms with E-state index in [9.17, 15) is 19.8 Å². The molecular weight excluding hydrogens is 386 g/mol. The zero-order valence-corrected chi connectivity index (χ0v) is 15.6. The normalized spacial score (nSPS) is 10.9. The Labute approximate surface area is 171 Å². The standard InChI is InChI=1S/C21H17N5O4/c27-18-7-3-1-5-14(18)12-23-25-20(29)16-9-10-17(22-11-16)21(30)26-24-13-15-6-2-4-8-19(15)28/h1-13,27-28H,(H,25,29)(H,26,30)/b23-12+,24-13+. The first kappa shape index (κ1) is 20.2. The average Bonchev–Trinajstić information content (AvgIpc) is 2.76. The third kappa shape index (κ3) is 5.26. The third-order valence-electron chi connectivity index (χ3n) is 3.87. The number of nitrogens with one attached hydrogen (secondary N) is 2. The van der Waals surface area contributed by atoms with Crippen molar-refractivity contribution in [2.75, 3.05) is 0 Å². The Morgan fingerprint density at radius 2 is 1.30 bits per heavy atom. The summed E-state index contributed by atoms with van der Waals surface area (Å²) in [7, 11) is 0. The first-order valence-corrected chi connectivity index (χ1v) is 8.73. The summed E-state index contributed by atoms with van der Waals surface area (Å²) < 4.78 is 0. The zero-order valence-electron chi connectivity index (χ0n) is 15.6. The molecule has 0 unspecified atom stereocenters. The molecule has 3 aromatic rings. The number of para-hydroxylation sites is 2. The fourth-order valence-electron chi connectivity index (χ4n) is 2.30. The largest absolute Gasteiger partial charge is 0.507 e. The number of nitrogens with zero attached hydrogens (tertiary/aromatic N) is 3. The number of phenols is 2. The summed E-state index contributed by atoms with van der Waals surface area (Å²) in [5, 5.41) is 26.8. The van der Waals surface area contributed by atoms with Crippen LogP contribution in [0.1, 0.15) is 32.0 Å². The molecule has 4 N–H and O–H groups in total. The number of benzene rings is 2. The maximum Gasteiger partial charge on any atom is 0.289 e. The number of pyridine rings is 1. The van der Waals surface area contributed by atoms with Gasteiger partial charge in [0.25, 0.3) is 11.8 Å². The van der Waals surface area contributed by atoms with Gasteiger partial charge in [-0.25, -0.2) is 10.9 Å². The molecule has 0 aliphatic heterocycles. The molecule has 0 spiro atoms. The Balaban J connectivity index is 1.56. The van der Waals surface area contributed by atoms with Gasteiger partial charge in [0.15, 0.2) is 0 Å². The van der Waals surface area contributed by atoms with Crippen molar-refractivity contribution in [3.63, 3.8) is 0 Å². The molecule has 0 atom stereocenters. The Morgan fingerprint density at radius 1 is 0.767 bits per heavy atom. The summed E-state index contributed by atoms with van der Waals surface area (Å²) >= 11 is 0. The number of aromatic hydroxyl groups is 2. The lowest BCUT2D eigenvalue weighted by atomic mass is 10.2. The van der Waals surface area contributed by atoms with Crippen molar-refractivity contribution in [1.29, 1.82) is 0 Å². The van der Waals surface area contributed by atoms with E-state index in [2.05, 4.69) is 26.0 Å². The molecule has 2 amide bonds. The van der Waals surface area contributed by atoms with E-state index in [4.69, 9.17) is 0 Å². The van der Waals surface area contributed by atoms with Gasteiger partial charge < -0.3 is 10.2 Å². The van der Waals surface area contributed by atoms with E-state index >= 15 is 0 Å². The molecular formula is C21H17N5O4. The van der Waals surface area contributed by atoms with Crippen molar-refractivity contribution in [3.8, 4) is 11.5 Å². The second-order valence-electron chi connectivity index (χ2n) is 5.95. The van der Waals surface area contributed by atoms with Crippen molar-refractivity contribution < 1.29 is 19.8 Å². The van der Waals surface area contributed by atoms with Gasteiger partial charge in [0.2, 0.25) is 0 Å². The molecule has 0 fully saturated rings. The Bertz CT molecular complexity index is 1020. The van der Waals surface area contributed by atoms with Crippen molar-refractivity contribution in [2.24, 2.45) is 10.2 Å². The van der Waals surface area contributed by atoms with Crippen LogP contribution in [0.3, 0.4) is 0 Å². The molecule has 0 aliphatic rings. The Hall–Kier alpha value is -4.53. The van der Waals surface area contributed by atoms with Crippen molar-refractivity contribution in [1.82, 2.24) is 15.8 Å². The highest BCUT2D eigenvalue weighted by Gasteiger charge is 2.09. The first-order chi connectivity index (χ1) is 14.5. The lowest BCUT2D eigenvalue weighted by Gasteiger charge is -2.02. The van der Waals surface area contributed by atoms with Crippen LogP contribution in [-0.2, 0) is 0 Å². The summed E-state index contributed by atoms with van der Waals surface area (Å²) in [4.78, 5) is 28.1. The van der Waals surface area contributed by atoms with Gasteiger partial charge >= 0.3 is 0 Å². The minimum absolute atomic E-state index is 0.0362. The van der Waals surface area contributed by atoms with Crippen molar-refractivity contribution in [3.05, 3.63) is 89.2 Å². The number of aromatic nitrogens is 1. The van der Waals surface area contributed by atoms with Gasteiger partial charge in [0.1, 0.15) is 17.2 Å². The molecule has 30 heavy (non-hydrogen) atoms. The van der Waals surface area contributed by atoms with Crippen molar-refractivity contribution in [2.45, 2.75) is 0 Å². The van der Waals surface area contributed by atoms with Crippen LogP contribution in [0, 0.1) is 0 Å². The number of carbonyl (C=O) groups excluding carboxylic acids is 2. The van der Waals surface area contributed by atoms with Crippen LogP contribution >= 0.6 is 0 Å². The van der Waals surface area contributed by atoms with Gasteiger partial charge in [-0.1, -0.05) is 24.3 Å². The average molecular weight is 403 g/mol. The summed E-state index contributed by atoms with van der Waals surface area (Å²) in [5.74, 6) is -1.03. The number of hydrogen-bond donors (Lipinski definition) is 4. The maximum absolute atomic E-state index is 12.1. The molecule has 1 heterocycles. The molecule has 9 nitrogen and oxygen atoms in total. The van der Waals surface area contributed by atoms with E-state index < -0.39 is 11.8 Å². The second kappa shape index (κ2) is 9.60. The minimum Gasteiger partial charge on any atom is -0.507 e. The third-order valence-corrected chi connectivity index (χ3v) is 3.87. The molecule has 1 aromatic heterocycles. The van der Waals surface area contributed by atoms with Crippen LogP contribution in [-0.4, -0.2) is 39.4 Å². The molecule has 150 valence electrons. The van der Waals surface area contributed by atoms with Gasteiger partial charge in [0.05, 0.1) is 18.0 Å². The highest BCUT2D eigenvalue weighted by Crippen LogP contribution is 2.13. The molecule has 0 aliphatic carbocycles. The molecule has 9 heteroatoms. The van der Waals surface area contributed by atoms with E-state index in [-0.39, 0.29) is 22.8 Å². The van der Waals surface area contributed by atoms with Gasteiger partial charge in [0, 0.05) is 17.3 Å². The lowest BCUT2D eigenvalue weighted by molar-refractivity contribution is 0.0939. The van der Waals surface area contributed by atoms with Gasteiger partial charge in [-0.15, -0.1) is 0 Å². The van der Waals surface area contributed by atoms with Gasteiger partial charge in [-0.05, 0) is 36.4 Å². The quantitative estimate of drug-likeness (QED) is 0.369. The lowest BCUT2D eigenvalue weighted by Crippen LogP contribution is -2.21. The SMILES string of the molecule is O=C(N/N=C/c1ccccc1O)c1ccc(C(=O)N/N=C/c2ccccc2O)nc1. The van der Waals surface area contributed by atoms with Crippen LogP contribution in [0.2, 0.25) is 0 Å². The van der Waals surface area contributed by atoms with E-state index in [1.807, 2.05) is 0 Å². The summed E-state index contributed by atoms with van der Waals surface area (Å²) in [6.45, 7) is 0. The number of amides is 2. The Morgan fingerprint density at radius 3 is 1.80 bits per heavy atom. The van der Waals surface area contributed by atoms with Crippen LogP contribution in [0.4, 0.5) is 0 Å². The van der Waals surface area contributed by atoms with Crippen LogP contribution in [0.5, 0.6) is 11.5 Å². The molecule has 0 saturated carbocycles. The minimum atomic E-state index is -0.578. The summed E-state index contributed by atoms with van der Waals surface area (Å²) in [5.41, 5.74) is 5.75. The summed E-state index contributed by atoms with van der Waals surface area (Å²) in [6.07, 6.45) is 3.84. The van der Waals surface area contributed by atoms with E-state index in [0.29, 0.717) is 11.1 Å². The monoisotopic (exact) mass is 403 g/mol.